The molecule has 1 saturated carbocycles. The predicted octanol–water partition coefficient (Wildman–Crippen LogP) is 3.54. The van der Waals surface area contributed by atoms with Gasteiger partial charge in [-0.25, -0.2) is 0 Å². The topological polar surface area (TPSA) is 54.4 Å². The molecule has 1 N–H and O–H groups in total. The van der Waals surface area contributed by atoms with E-state index >= 15 is 0 Å². The van der Waals surface area contributed by atoms with E-state index in [1.807, 2.05) is 6.07 Å². The summed E-state index contributed by atoms with van der Waals surface area (Å²) < 4.78 is 0. The van der Waals surface area contributed by atoms with Crippen molar-refractivity contribution in [1.29, 1.82) is 0 Å². The number of ketones is 1. The highest BCUT2D eigenvalue weighted by Crippen LogP contribution is 2.41. The first-order valence-electron chi connectivity index (χ1n) is 6.90. The summed E-state index contributed by atoms with van der Waals surface area (Å²) in [6, 6.07) is 8.78. The third-order valence-corrected chi connectivity index (χ3v) is 4.37. The Hall–Kier alpha value is -1.64. The first-order valence-corrected chi connectivity index (χ1v) is 6.90. The van der Waals surface area contributed by atoms with Gasteiger partial charge in [0.2, 0.25) is 0 Å². The molecule has 2 rings (SSSR count). The smallest absolute Gasteiger partial charge is 0.317 e. The van der Waals surface area contributed by atoms with E-state index in [0.717, 1.165) is 32.1 Å². The number of hydrogen-bond donors (Lipinski definition) is 1. The van der Waals surface area contributed by atoms with Gasteiger partial charge in [-0.05, 0) is 25.7 Å². The van der Waals surface area contributed by atoms with Crippen LogP contribution in [-0.2, 0) is 4.79 Å². The van der Waals surface area contributed by atoms with Gasteiger partial charge in [0.1, 0.15) is 5.41 Å². The van der Waals surface area contributed by atoms with Crippen LogP contribution in [0.25, 0.3) is 0 Å². The Labute approximate surface area is 113 Å². The Kier molecular flexibility index (Phi) is 4.03. The number of rotatable bonds is 4. The van der Waals surface area contributed by atoms with Crippen LogP contribution >= 0.6 is 0 Å². The molecule has 1 atom stereocenters. The van der Waals surface area contributed by atoms with Gasteiger partial charge in [-0.2, -0.15) is 0 Å². The Morgan fingerprint density at radius 2 is 1.68 bits per heavy atom. The first-order chi connectivity index (χ1) is 9.06. The molecule has 0 saturated heterocycles. The van der Waals surface area contributed by atoms with E-state index in [0.29, 0.717) is 5.56 Å². The molecule has 0 spiro atoms. The number of carbonyl (C=O) groups excluding carboxylic acids is 1. The zero-order valence-electron chi connectivity index (χ0n) is 11.3. The molecule has 1 aliphatic carbocycles. The molecule has 102 valence electrons. The number of hydrogen-bond acceptors (Lipinski definition) is 2. The van der Waals surface area contributed by atoms with Crippen LogP contribution in [0.1, 0.15) is 49.4 Å². The minimum absolute atomic E-state index is 0.0496. The van der Waals surface area contributed by atoms with E-state index in [1.54, 1.807) is 31.2 Å². The zero-order chi connectivity index (χ0) is 13.9. The van der Waals surface area contributed by atoms with Gasteiger partial charge in [-0.15, -0.1) is 0 Å². The van der Waals surface area contributed by atoms with Crippen molar-refractivity contribution in [3.8, 4) is 0 Å². The van der Waals surface area contributed by atoms with Crippen LogP contribution in [0.4, 0.5) is 0 Å². The van der Waals surface area contributed by atoms with E-state index in [1.165, 1.54) is 0 Å². The maximum absolute atomic E-state index is 12.6. The molecule has 0 radical (unpaired) electrons. The van der Waals surface area contributed by atoms with Gasteiger partial charge < -0.3 is 5.11 Å². The highest BCUT2D eigenvalue weighted by atomic mass is 16.4. The Bertz CT molecular complexity index is 460. The van der Waals surface area contributed by atoms with Gasteiger partial charge in [0.05, 0.1) is 0 Å². The van der Waals surface area contributed by atoms with Gasteiger partial charge in [0, 0.05) is 5.56 Å². The summed E-state index contributed by atoms with van der Waals surface area (Å²) in [5.41, 5.74) is -0.792. The van der Waals surface area contributed by atoms with E-state index < -0.39 is 11.4 Å². The molecule has 3 nitrogen and oxygen atoms in total. The number of carboxylic acid groups (broad SMARTS) is 1. The van der Waals surface area contributed by atoms with Crippen LogP contribution in [-0.4, -0.2) is 16.9 Å². The summed E-state index contributed by atoms with van der Waals surface area (Å²) >= 11 is 0. The maximum Gasteiger partial charge on any atom is 0.317 e. The van der Waals surface area contributed by atoms with Crippen molar-refractivity contribution in [1.82, 2.24) is 0 Å². The fraction of sp³-hybridized carbons (Fsp3) is 0.500. The Morgan fingerprint density at radius 1 is 1.11 bits per heavy atom. The van der Waals surface area contributed by atoms with Crippen molar-refractivity contribution in [2.75, 3.05) is 0 Å². The zero-order valence-corrected chi connectivity index (χ0v) is 11.3. The summed E-state index contributed by atoms with van der Waals surface area (Å²) in [6.07, 6.45) is 4.86. The quantitative estimate of drug-likeness (QED) is 0.665. The predicted molar refractivity (Wildman–Crippen MR) is 73.1 cm³/mol. The van der Waals surface area contributed by atoms with E-state index in [4.69, 9.17) is 0 Å². The number of aliphatic carboxylic acids is 1. The van der Waals surface area contributed by atoms with Crippen LogP contribution in [0.5, 0.6) is 0 Å². The maximum atomic E-state index is 12.6. The average molecular weight is 260 g/mol. The lowest BCUT2D eigenvalue weighted by Crippen LogP contribution is -2.44. The molecule has 3 heteroatoms. The summed E-state index contributed by atoms with van der Waals surface area (Å²) in [6.45, 7) is 1.60. The Morgan fingerprint density at radius 3 is 2.21 bits per heavy atom. The molecule has 0 aliphatic heterocycles. The largest absolute Gasteiger partial charge is 0.480 e. The van der Waals surface area contributed by atoms with Crippen molar-refractivity contribution in [2.45, 2.75) is 39.0 Å². The minimum Gasteiger partial charge on any atom is -0.480 e. The molecular formula is C16H20O3. The van der Waals surface area contributed by atoms with Crippen LogP contribution in [0.15, 0.2) is 30.3 Å². The summed E-state index contributed by atoms with van der Waals surface area (Å²) in [5.74, 6) is -1.30. The SMILES string of the molecule is CC(C(=O)O)(C(=O)c1ccccc1)C1CCCCC1. The third kappa shape index (κ3) is 2.55. The molecule has 19 heavy (non-hydrogen) atoms. The number of Topliss-reactive ketones (excluding diaryl/α,β-unsaturated/α-hetero) is 1. The summed E-state index contributed by atoms with van der Waals surface area (Å²) in [4.78, 5) is 24.3. The second-order valence-corrected chi connectivity index (χ2v) is 5.54. The molecule has 0 heterocycles. The molecule has 0 amide bonds. The molecule has 1 aliphatic rings. The summed E-state index contributed by atoms with van der Waals surface area (Å²) in [7, 11) is 0. The number of carbonyl (C=O) groups is 2. The molecule has 0 aromatic heterocycles. The number of carboxylic acids is 1. The van der Waals surface area contributed by atoms with Crippen LogP contribution < -0.4 is 0 Å². The standard InChI is InChI=1S/C16H20O3/c1-16(15(18)19,13-10-6-3-7-11-13)14(17)12-8-4-2-5-9-12/h2,4-5,8-9,13H,3,6-7,10-11H2,1H3,(H,18,19). The lowest BCUT2D eigenvalue weighted by Gasteiger charge is -2.35. The number of benzene rings is 1. The summed E-state index contributed by atoms with van der Waals surface area (Å²) in [5, 5.41) is 9.60. The molecule has 1 unspecified atom stereocenters. The van der Waals surface area contributed by atoms with Crippen LogP contribution in [0.3, 0.4) is 0 Å². The molecule has 1 fully saturated rings. The van der Waals surface area contributed by atoms with E-state index in [-0.39, 0.29) is 11.7 Å². The monoisotopic (exact) mass is 260 g/mol. The molecular weight excluding hydrogens is 240 g/mol. The molecule has 1 aromatic rings. The van der Waals surface area contributed by atoms with Crippen molar-refractivity contribution in [3.05, 3.63) is 35.9 Å². The van der Waals surface area contributed by atoms with Crippen molar-refractivity contribution in [3.63, 3.8) is 0 Å². The van der Waals surface area contributed by atoms with E-state index in [9.17, 15) is 14.7 Å². The molecule has 1 aromatic carbocycles. The van der Waals surface area contributed by atoms with Gasteiger partial charge in [-0.1, -0.05) is 49.6 Å². The fourth-order valence-electron chi connectivity index (χ4n) is 3.03. The van der Waals surface area contributed by atoms with Crippen LogP contribution in [0, 0.1) is 11.3 Å². The van der Waals surface area contributed by atoms with Gasteiger partial charge in [-0.3, -0.25) is 9.59 Å². The fourth-order valence-corrected chi connectivity index (χ4v) is 3.03. The minimum atomic E-state index is -1.29. The third-order valence-electron chi connectivity index (χ3n) is 4.37. The highest BCUT2D eigenvalue weighted by Gasteiger charge is 2.48. The van der Waals surface area contributed by atoms with Crippen molar-refractivity contribution < 1.29 is 14.7 Å². The van der Waals surface area contributed by atoms with Gasteiger partial charge in [0.25, 0.3) is 0 Å². The lowest BCUT2D eigenvalue weighted by atomic mass is 9.66. The van der Waals surface area contributed by atoms with Crippen molar-refractivity contribution in [2.24, 2.45) is 11.3 Å². The first kappa shape index (κ1) is 13.8. The van der Waals surface area contributed by atoms with Gasteiger partial charge >= 0.3 is 5.97 Å². The van der Waals surface area contributed by atoms with Crippen LogP contribution in [0.2, 0.25) is 0 Å². The Balaban J connectivity index is 2.33. The van der Waals surface area contributed by atoms with Gasteiger partial charge in [0.15, 0.2) is 5.78 Å². The lowest BCUT2D eigenvalue weighted by molar-refractivity contribution is -0.148. The average Bonchev–Trinajstić information content (AvgIpc) is 2.47. The highest BCUT2D eigenvalue weighted by molar-refractivity contribution is 6.12. The normalized spacial score (nSPS) is 19.6. The second kappa shape index (κ2) is 5.55. The van der Waals surface area contributed by atoms with E-state index in [2.05, 4.69) is 0 Å². The second-order valence-electron chi connectivity index (χ2n) is 5.54. The molecule has 0 bridgehead atoms. The van der Waals surface area contributed by atoms with Crippen molar-refractivity contribution >= 4 is 11.8 Å².